The number of carbonyl (C=O) groups is 1. The van der Waals surface area contributed by atoms with Crippen LogP contribution in [-0.2, 0) is 6.54 Å². The van der Waals surface area contributed by atoms with Crippen LogP contribution in [0.4, 0.5) is 5.82 Å². The quantitative estimate of drug-likeness (QED) is 0.818. The van der Waals surface area contributed by atoms with Gasteiger partial charge in [-0.1, -0.05) is 31.7 Å². The molecular weight excluding hydrogens is 314 g/mol. The summed E-state index contributed by atoms with van der Waals surface area (Å²) in [6.07, 6.45) is 8.77. The number of aryl methyl sites for hydroxylation is 1. The zero-order chi connectivity index (χ0) is 17.5. The van der Waals surface area contributed by atoms with E-state index in [1.54, 1.807) is 19.2 Å². The minimum atomic E-state index is -0.113. The Balaban J connectivity index is 1.64. The van der Waals surface area contributed by atoms with Gasteiger partial charge in [0.15, 0.2) is 0 Å². The molecule has 0 radical (unpaired) electrons. The maximum atomic E-state index is 12.6. The molecule has 0 bridgehead atoms. The Morgan fingerprint density at radius 2 is 1.96 bits per heavy atom. The van der Waals surface area contributed by atoms with Gasteiger partial charge >= 0.3 is 0 Å². The van der Waals surface area contributed by atoms with Crippen LogP contribution >= 0.6 is 0 Å². The van der Waals surface area contributed by atoms with Gasteiger partial charge < -0.3 is 10.6 Å². The fourth-order valence-electron chi connectivity index (χ4n) is 3.14. The summed E-state index contributed by atoms with van der Waals surface area (Å²) in [5.41, 5.74) is 1.34. The van der Waals surface area contributed by atoms with E-state index in [1.807, 2.05) is 18.2 Å². The van der Waals surface area contributed by atoms with Crippen LogP contribution in [0.2, 0.25) is 0 Å². The topological polar surface area (TPSA) is 79.8 Å². The van der Waals surface area contributed by atoms with E-state index >= 15 is 0 Å². The van der Waals surface area contributed by atoms with Crippen LogP contribution in [0, 0.1) is 6.92 Å². The maximum Gasteiger partial charge on any atom is 0.270 e. The fraction of sp³-hybridized carbons (Fsp3) is 0.474. The SMILES string of the molecule is Cc1nc(NCc2ccccn2)cc(C(=O)NC2CCCCCC2)n1. The number of pyridine rings is 1. The highest BCUT2D eigenvalue weighted by Gasteiger charge is 2.17. The smallest absolute Gasteiger partial charge is 0.270 e. The van der Waals surface area contributed by atoms with E-state index < -0.39 is 0 Å². The molecule has 2 aromatic rings. The van der Waals surface area contributed by atoms with Crippen LogP contribution in [0.3, 0.4) is 0 Å². The van der Waals surface area contributed by atoms with Gasteiger partial charge in [-0.25, -0.2) is 9.97 Å². The van der Waals surface area contributed by atoms with Gasteiger partial charge in [-0.3, -0.25) is 9.78 Å². The molecule has 6 nitrogen and oxygen atoms in total. The van der Waals surface area contributed by atoms with Gasteiger partial charge in [0.1, 0.15) is 17.3 Å². The zero-order valence-corrected chi connectivity index (χ0v) is 14.7. The lowest BCUT2D eigenvalue weighted by Gasteiger charge is -2.16. The van der Waals surface area contributed by atoms with Crippen LogP contribution in [-0.4, -0.2) is 26.9 Å². The first-order chi connectivity index (χ1) is 12.2. The molecule has 1 amide bonds. The molecule has 0 unspecified atom stereocenters. The van der Waals surface area contributed by atoms with Gasteiger partial charge in [0.25, 0.3) is 5.91 Å². The standard InChI is InChI=1S/C19H25N5O/c1-14-22-17(19(25)24-15-8-4-2-3-5-9-15)12-18(23-14)21-13-16-10-6-7-11-20-16/h6-7,10-12,15H,2-5,8-9,13H2,1H3,(H,24,25)(H,21,22,23). The summed E-state index contributed by atoms with van der Waals surface area (Å²) >= 11 is 0. The Morgan fingerprint density at radius 3 is 2.68 bits per heavy atom. The van der Waals surface area contributed by atoms with Crippen LogP contribution in [0.15, 0.2) is 30.5 Å². The average molecular weight is 339 g/mol. The molecule has 2 N–H and O–H groups in total. The van der Waals surface area contributed by atoms with Gasteiger partial charge in [0.2, 0.25) is 0 Å². The molecule has 0 atom stereocenters. The van der Waals surface area contributed by atoms with E-state index in [1.165, 1.54) is 25.7 Å². The Morgan fingerprint density at radius 1 is 1.16 bits per heavy atom. The highest BCUT2D eigenvalue weighted by Crippen LogP contribution is 2.18. The first-order valence-electron chi connectivity index (χ1n) is 9.01. The molecule has 0 spiro atoms. The lowest BCUT2D eigenvalue weighted by atomic mass is 10.1. The number of carbonyl (C=O) groups excluding carboxylic acids is 1. The molecule has 25 heavy (non-hydrogen) atoms. The first kappa shape index (κ1) is 17.3. The second kappa shape index (κ2) is 8.55. The predicted octanol–water partition coefficient (Wildman–Crippen LogP) is 3.24. The van der Waals surface area contributed by atoms with Crippen molar-refractivity contribution < 1.29 is 4.79 Å². The number of aromatic nitrogens is 3. The number of hydrogen-bond donors (Lipinski definition) is 2. The third kappa shape index (κ3) is 5.24. The molecule has 6 heteroatoms. The van der Waals surface area contributed by atoms with Crippen LogP contribution in [0.5, 0.6) is 0 Å². The van der Waals surface area contributed by atoms with Crippen LogP contribution < -0.4 is 10.6 Å². The second-order valence-corrected chi connectivity index (χ2v) is 6.52. The molecular formula is C19H25N5O. The Kier molecular flexibility index (Phi) is 5.93. The van der Waals surface area contributed by atoms with Crippen molar-refractivity contribution >= 4 is 11.7 Å². The predicted molar refractivity (Wildman–Crippen MR) is 97.3 cm³/mol. The number of nitrogens with zero attached hydrogens (tertiary/aromatic N) is 3. The minimum Gasteiger partial charge on any atom is -0.364 e. The fourth-order valence-corrected chi connectivity index (χ4v) is 3.14. The molecule has 0 aromatic carbocycles. The van der Waals surface area contributed by atoms with E-state index in [9.17, 15) is 4.79 Å². The Labute approximate surface area is 148 Å². The molecule has 132 valence electrons. The van der Waals surface area contributed by atoms with Gasteiger partial charge in [0, 0.05) is 18.3 Å². The monoisotopic (exact) mass is 339 g/mol. The molecule has 2 aromatic heterocycles. The van der Waals surface area contributed by atoms with Crippen molar-refractivity contribution in [2.24, 2.45) is 0 Å². The van der Waals surface area contributed by atoms with Crippen molar-refractivity contribution in [3.63, 3.8) is 0 Å². The zero-order valence-electron chi connectivity index (χ0n) is 14.7. The second-order valence-electron chi connectivity index (χ2n) is 6.52. The summed E-state index contributed by atoms with van der Waals surface area (Å²) in [6, 6.07) is 7.74. The average Bonchev–Trinajstić information content (AvgIpc) is 2.89. The van der Waals surface area contributed by atoms with Crippen LogP contribution in [0.1, 0.15) is 60.5 Å². The third-order valence-corrected chi connectivity index (χ3v) is 4.44. The Bertz CT molecular complexity index is 696. The van der Waals surface area contributed by atoms with E-state index in [0.29, 0.717) is 23.9 Å². The summed E-state index contributed by atoms with van der Waals surface area (Å²) in [5.74, 6) is 1.11. The van der Waals surface area contributed by atoms with Crippen molar-refractivity contribution in [3.05, 3.63) is 47.7 Å². The largest absolute Gasteiger partial charge is 0.364 e. The van der Waals surface area contributed by atoms with Crippen molar-refractivity contribution in [1.82, 2.24) is 20.3 Å². The van der Waals surface area contributed by atoms with Gasteiger partial charge in [-0.15, -0.1) is 0 Å². The van der Waals surface area contributed by atoms with Crippen molar-refractivity contribution in [2.75, 3.05) is 5.32 Å². The summed E-state index contributed by atoms with van der Waals surface area (Å²) in [6.45, 7) is 2.36. The number of hydrogen-bond acceptors (Lipinski definition) is 5. The van der Waals surface area contributed by atoms with Crippen molar-refractivity contribution in [2.45, 2.75) is 58.0 Å². The number of rotatable bonds is 5. The van der Waals surface area contributed by atoms with Crippen LogP contribution in [0.25, 0.3) is 0 Å². The Hall–Kier alpha value is -2.50. The molecule has 1 saturated carbocycles. The maximum absolute atomic E-state index is 12.6. The number of nitrogens with one attached hydrogen (secondary N) is 2. The van der Waals surface area contributed by atoms with Gasteiger partial charge in [0.05, 0.1) is 12.2 Å². The highest BCUT2D eigenvalue weighted by atomic mass is 16.1. The lowest BCUT2D eigenvalue weighted by Crippen LogP contribution is -2.35. The summed E-state index contributed by atoms with van der Waals surface area (Å²) in [5, 5.41) is 6.35. The molecule has 1 aliphatic rings. The van der Waals surface area contributed by atoms with Gasteiger partial charge in [-0.05, 0) is 31.9 Å². The lowest BCUT2D eigenvalue weighted by molar-refractivity contribution is 0.0928. The normalized spacial score (nSPS) is 15.4. The molecule has 1 fully saturated rings. The third-order valence-electron chi connectivity index (χ3n) is 4.44. The van der Waals surface area contributed by atoms with E-state index in [-0.39, 0.29) is 11.9 Å². The van der Waals surface area contributed by atoms with Crippen molar-refractivity contribution in [1.29, 1.82) is 0 Å². The van der Waals surface area contributed by atoms with E-state index in [4.69, 9.17) is 0 Å². The number of anilines is 1. The number of amides is 1. The summed E-state index contributed by atoms with van der Waals surface area (Å²) in [4.78, 5) is 25.5. The first-order valence-corrected chi connectivity index (χ1v) is 9.01. The highest BCUT2D eigenvalue weighted by molar-refractivity contribution is 5.93. The summed E-state index contributed by atoms with van der Waals surface area (Å²) < 4.78 is 0. The molecule has 2 heterocycles. The molecule has 0 saturated heterocycles. The van der Waals surface area contributed by atoms with E-state index in [0.717, 1.165) is 18.5 Å². The molecule has 1 aliphatic carbocycles. The van der Waals surface area contributed by atoms with Crippen molar-refractivity contribution in [3.8, 4) is 0 Å². The molecule has 3 rings (SSSR count). The van der Waals surface area contributed by atoms with Gasteiger partial charge in [-0.2, -0.15) is 0 Å². The summed E-state index contributed by atoms with van der Waals surface area (Å²) in [7, 11) is 0. The van der Waals surface area contributed by atoms with E-state index in [2.05, 4.69) is 25.6 Å². The molecule has 0 aliphatic heterocycles. The minimum absolute atomic E-state index is 0.113.